The predicted octanol–water partition coefficient (Wildman–Crippen LogP) is 7.53. The van der Waals surface area contributed by atoms with Crippen molar-refractivity contribution in [2.24, 2.45) is 0 Å². The van der Waals surface area contributed by atoms with Crippen LogP contribution in [0.25, 0.3) is 45.4 Å². The van der Waals surface area contributed by atoms with Crippen molar-refractivity contribution < 1.29 is 30.0 Å². The van der Waals surface area contributed by atoms with E-state index in [-0.39, 0.29) is 37.1 Å². The Balaban J connectivity index is 0.000000320. The number of carbonyl (C=O) groups is 1. The van der Waals surface area contributed by atoms with Gasteiger partial charge in [-0.15, -0.1) is 29.3 Å². The van der Waals surface area contributed by atoms with E-state index in [1.165, 1.54) is 58.7 Å². The molecule has 0 bridgehead atoms. The Bertz CT molecular complexity index is 1520. The van der Waals surface area contributed by atoms with Gasteiger partial charge in [-0.3, -0.25) is 9.78 Å². The number of hydrogen-bond acceptors (Lipinski definition) is 3. The molecule has 2 aliphatic carbocycles. The van der Waals surface area contributed by atoms with Gasteiger partial charge in [0.15, 0.2) is 5.78 Å². The van der Waals surface area contributed by atoms with Crippen molar-refractivity contribution in [3.05, 3.63) is 101 Å². The summed E-state index contributed by atoms with van der Waals surface area (Å²) in [5.74, 6) is -0.0625. The Labute approximate surface area is 219 Å². The molecule has 4 heteroatoms. The number of hydrogen-bond donors (Lipinski definition) is 1. The molecule has 1 heterocycles. The minimum absolute atomic E-state index is 0. The second-order valence-electron chi connectivity index (χ2n) is 9.38. The first-order valence-electron chi connectivity index (χ1n) is 11.4. The zero-order chi connectivity index (χ0) is 24.0. The van der Waals surface area contributed by atoms with Crippen molar-refractivity contribution in [3.63, 3.8) is 0 Å². The van der Waals surface area contributed by atoms with Crippen molar-refractivity contribution in [1.82, 2.24) is 4.98 Å². The molecule has 6 rings (SSSR count). The Morgan fingerprint density at radius 3 is 2.43 bits per heavy atom. The summed E-state index contributed by atoms with van der Waals surface area (Å²) in [6.45, 7) is 7.47. The second kappa shape index (κ2) is 9.37. The van der Waals surface area contributed by atoms with Crippen molar-refractivity contribution in [1.29, 1.82) is 0 Å². The van der Waals surface area contributed by atoms with E-state index in [0.29, 0.717) is 0 Å². The molecule has 177 valence electrons. The van der Waals surface area contributed by atoms with Crippen molar-refractivity contribution >= 4 is 28.8 Å². The first-order valence-corrected chi connectivity index (χ1v) is 11.4. The summed E-state index contributed by atoms with van der Waals surface area (Å²) >= 11 is 0. The SMILES string of the molecule is CC(=O)C=C(C)O.CC1(C)c2ccccc2-c2c(-c3cc4c5c(cccc5n3)C=C4)[c-]ccc21.[Ir]. The number of aromatic nitrogens is 1. The second-order valence-corrected chi connectivity index (χ2v) is 9.38. The average Bonchev–Trinajstić information content (AvgIpc) is 3.32. The fourth-order valence-electron chi connectivity index (χ4n) is 5.11. The number of aliphatic hydroxyl groups excluding tert-OH is 1. The number of nitrogens with zero attached hydrogens (tertiary/aromatic N) is 1. The first kappa shape index (κ1) is 24.8. The molecule has 1 aromatic heterocycles. The number of ketones is 1. The van der Waals surface area contributed by atoms with Crippen LogP contribution < -0.4 is 0 Å². The zero-order valence-corrected chi connectivity index (χ0v) is 22.5. The van der Waals surface area contributed by atoms with Gasteiger partial charge in [-0.1, -0.05) is 79.6 Å². The Kier molecular flexibility index (Phi) is 6.64. The molecule has 0 amide bonds. The van der Waals surface area contributed by atoms with E-state index in [1.54, 1.807) is 0 Å². The van der Waals surface area contributed by atoms with E-state index in [9.17, 15) is 4.79 Å². The van der Waals surface area contributed by atoms with Crippen LogP contribution in [0.4, 0.5) is 0 Å². The fourth-order valence-corrected chi connectivity index (χ4v) is 5.11. The standard InChI is InChI=1S/C26H18N.C5H8O2.Ir/c1-26(2)20-10-4-3-8-18(20)25-19(9-6-11-21(25)26)23-15-17-14-13-16-7-5-12-22(27-23)24(16)17;1-4(6)3-5(2)7;/h3-8,10-15H,1-2H3;3,6H,1-2H3;/q-1;;. The molecule has 1 radical (unpaired) electrons. The molecule has 0 atom stereocenters. The summed E-state index contributed by atoms with van der Waals surface area (Å²) in [5, 5.41) is 9.62. The number of rotatable bonds is 2. The van der Waals surface area contributed by atoms with Gasteiger partial charge in [0.25, 0.3) is 0 Å². The molecular formula is C31H26IrNO2-. The Morgan fingerprint density at radius 2 is 1.71 bits per heavy atom. The van der Waals surface area contributed by atoms with E-state index in [0.717, 1.165) is 16.8 Å². The van der Waals surface area contributed by atoms with E-state index in [4.69, 9.17) is 10.1 Å². The third kappa shape index (κ3) is 4.29. The summed E-state index contributed by atoms with van der Waals surface area (Å²) in [5.41, 5.74) is 11.0. The van der Waals surface area contributed by atoms with E-state index < -0.39 is 0 Å². The molecule has 0 unspecified atom stereocenters. The molecule has 0 spiro atoms. The first-order chi connectivity index (χ1) is 16.3. The van der Waals surface area contributed by atoms with Gasteiger partial charge in [0.1, 0.15) is 0 Å². The van der Waals surface area contributed by atoms with Crippen LogP contribution in [-0.2, 0) is 30.3 Å². The third-order valence-electron chi connectivity index (χ3n) is 6.55. The Hall–Kier alpha value is -3.33. The zero-order valence-electron chi connectivity index (χ0n) is 20.1. The summed E-state index contributed by atoms with van der Waals surface area (Å²) in [4.78, 5) is 15.1. The maximum atomic E-state index is 10.0. The van der Waals surface area contributed by atoms with Crippen LogP contribution in [0, 0.1) is 6.07 Å². The van der Waals surface area contributed by atoms with Crippen LogP contribution >= 0.6 is 0 Å². The van der Waals surface area contributed by atoms with E-state index in [2.05, 4.69) is 92.7 Å². The molecule has 3 nitrogen and oxygen atoms in total. The molecule has 35 heavy (non-hydrogen) atoms. The van der Waals surface area contributed by atoms with Gasteiger partial charge in [0, 0.05) is 31.6 Å². The van der Waals surface area contributed by atoms with Gasteiger partial charge in [0.05, 0.1) is 11.3 Å². The summed E-state index contributed by atoms with van der Waals surface area (Å²) in [6, 6.07) is 25.1. The number of aliphatic hydroxyl groups is 1. The number of fused-ring (bicyclic) bond motifs is 3. The van der Waals surface area contributed by atoms with E-state index >= 15 is 0 Å². The molecular weight excluding hydrogens is 611 g/mol. The van der Waals surface area contributed by atoms with Crippen LogP contribution in [-0.4, -0.2) is 15.9 Å². The predicted molar refractivity (Wildman–Crippen MR) is 140 cm³/mol. The van der Waals surface area contributed by atoms with Crippen molar-refractivity contribution in [2.75, 3.05) is 0 Å². The van der Waals surface area contributed by atoms with Crippen molar-refractivity contribution in [3.8, 4) is 22.4 Å². The summed E-state index contributed by atoms with van der Waals surface area (Å²) in [7, 11) is 0. The van der Waals surface area contributed by atoms with Crippen molar-refractivity contribution in [2.45, 2.75) is 33.1 Å². The maximum absolute atomic E-state index is 10.0. The number of carbonyl (C=O) groups excluding carboxylic acids is 1. The van der Waals surface area contributed by atoms with Crippen LogP contribution in [0.3, 0.4) is 0 Å². The molecule has 0 saturated heterocycles. The molecule has 2 aliphatic rings. The minimum Gasteiger partial charge on any atom is -0.512 e. The number of benzene rings is 3. The number of allylic oxidation sites excluding steroid dienone is 2. The molecule has 0 saturated carbocycles. The smallest absolute Gasteiger partial charge is 0.155 e. The summed E-state index contributed by atoms with van der Waals surface area (Å²) < 4.78 is 0. The molecule has 1 N–H and O–H groups in total. The van der Waals surface area contributed by atoms with Crippen LogP contribution in [0.2, 0.25) is 0 Å². The van der Waals surface area contributed by atoms with Gasteiger partial charge >= 0.3 is 0 Å². The third-order valence-corrected chi connectivity index (χ3v) is 6.55. The van der Waals surface area contributed by atoms with Gasteiger partial charge in [-0.25, -0.2) is 0 Å². The van der Waals surface area contributed by atoms with Crippen LogP contribution in [0.5, 0.6) is 0 Å². The molecule has 3 aromatic carbocycles. The molecule has 0 fully saturated rings. The van der Waals surface area contributed by atoms with Crippen LogP contribution in [0.15, 0.2) is 72.5 Å². The normalized spacial score (nSPS) is 14.0. The van der Waals surface area contributed by atoms with Gasteiger partial charge < -0.3 is 5.11 Å². The fraction of sp³-hybridized carbons (Fsp3) is 0.161. The largest absolute Gasteiger partial charge is 0.512 e. The summed E-state index contributed by atoms with van der Waals surface area (Å²) in [6.07, 6.45) is 5.55. The topological polar surface area (TPSA) is 50.2 Å². The van der Waals surface area contributed by atoms with Gasteiger partial charge in [-0.05, 0) is 47.7 Å². The minimum atomic E-state index is -0.125. The van der Waals surface area contributed by atoms with Crippen LogP contribution in [0.1, 0.15) is 49.9 Å². The maximum Gasteiger partial charge on any atom is 0.155 e. The van der Waals surface area contributed by atoms with E-state index in [1.807, 2.05) is 0 Å². The Morgan fingerprint density at radius 1 is 0.971 bits per heavy atom. The van der Waals surface area contributed by atoms with Gasteiger partial charge in [-0.2, -0.15) is 0 Å². The van der Waals surface area contributed by atoms with Gasteiger partial charge in [0.2, 0.25) is 0 Å². The monoisotopic (exact) mass is 637 g/mol. The molecule has 4 aromatic rings. The number of pyridine rings is 1. The quantitative estimate of drug-likeness (QED) is 0.124. The molecule has 0 aliphatic heterocycles. The average molecular weight is 637 g/mol.